The largest absolute Gasteiger partial charge is 0.333 e. The first-order valence-electron chi connectivity index (χ1n) is 6.82. The van der Waals surface area contributed by atoms with Gasteiger partial charge in [0.05, 0.1) is 0 Å². The van der Waals surface area contributed by atoms with E-state index >= 15 is 0 Å². The number of hydrogen-bond donors (Lipinski definition) is 1. The van der Waals surface area contributed by atoms with Crippen LogP contribution in [0.25, 0.3) is 0 Å². The summed E-state index contributed by atoms with van der Waals surface area (Å²) in [4.78, 5) is 4.41. The van der Waals surface area contributed by atoms with E-state index in [-0.39, 0.29) is 6.04 Å². The summed E-state index contributed by atoms with van der Waals surface area (Å²) < 4.78 is 2.16. The highest BCUT2D eigenvalue weighted by Crippen LogP contribution is 2.21. The Morgan fingerprint density at radius 3 is 2.68 bits per heavy atom. The Hall–Kier alpha value is -1.61. The molecule has 0 spiro atoms. The number of aromatic nitrogens is 2. The lowest BCUT2D eigenvalue weighted by atomic mass is 9.99. The molecule has 0 radical (unpaired) electrons. The van der Waals surface area contributed by atoms with E-state index in [4.69, 9.17) is 5.73 Å². The van der Waals surface area contributed by atoms with Crippen LogP contribution in [0.5, 0.6) is 0 Å². The zero-order valence-corrected chi connectivity index (χ0v) is 12.2. The van der Waals surface area contributed by atoms with Gasteiger partial charge in [0, 0.05) is 30.9 Å². The van der Waals surface area contributed by atoms with Crippen LogP contribution in [-0.2, 0) is 6.54 Å². The van der Waals surface area contributed by atoms with E-state index in [2.05, 4.69) is 55.4 Å². The molecule has 1 unspecified atom stereocenters. The van der Waals surface area contributed by atoms with Crippen LogP contribution in [0.4, 0.5) is 0 Å². The van der Waals surface area contributed by atoms with Gasteiger partial charge in [-0.25, -0.2) is 4.98 Å². The van der Waals surface area contributed by atoms with Crippen molar-refractivity contribution in [2.45, 2.75) is 46.2 Å². The second-order valence-corrected chi connectivity index (χ2v) is 5.56. The van der Waals surface area contributed by atoms with Crippen LogP contribution in [0.15, 0.2) is 30.6 Å². The minimum atomic E-state index is 0.00611. The number of benzene rings is 1. The second-order valence-electron chi connectivity index (χ2n) is 5.56. The fourth-order valence-corrected chi connectivity index (χ4v) is 2.45. The number of rotatable bonds is 4. The molecule has 1 heterocycles. The molecule has 0 aliphatic heterocycles. The van der Waals surface area contributed by atoms with Crippen LogP contribution >= 0.6 is 0 Å². The van der Waals surface area contributed by atoms with Gasteiger partial charge in [0.1, 0.15) is 5.82 Å². The average Bonchev–Trinajstić information content (AvgIpc) is 2.80. The Balaban J connectivity index is 2.23. The molecule has 3 heteroatoms. The SMILES string of the molecule is Cc1ccc(C)c(C(N)Cn2ccnc2C(C)C)c1. The Labute approximate surface area is 115 Å². The highest BCUT2D eigenvalue weighted by molar-refractivity contribution is 5.32. The topological polar surface area (TPSA) is 43.8 Å². The number of imidazole rings is 1. The summed E-state index contributed by atoms with van der Waals surface area (Å²) in [5.41, 5.74) is 10.1. The molecule has 0 amide bonds. The van der Waals surface area contributed by atoms with Crippen LogP contribution in [0.3, 0.4) is 0 Å². The minimum absolute atomic E-state index is 0.00611. The lowest BCUT2D eigenvalue weighted by molar-refractivity contribution is 0.540. The van der Waals surface area contributed by atoms with Crippen molar-refractivity contribution in [3.63, 3.8) is 0 Å². The Kier molecular flexibility index (Phi) is 4.05. The fraction of sp³-hybridized carbons (Fsp3) is 0.438. The molecule has 0 aliphatic rings. The van der Waals surface area contributed by atoms with Crippen molar-refractivity contribution in [3.8, 4) is 0 Å². The monoisotopic (exact) mass is 257 g/mol. The standard InChI is InChI=1S/C16H23N3/c1-11(2)16-18-7-8-19(16)10-15(17)14-9-12(3)5-6-13(14)4/h5-9,11,15H,10,17H2,1-4H3. The van der Waals surface area contributed by atoms with Crippen LogP contribution < -0.4 is 5.73 Å². The molecule has 0 aliphatic carbocycles. The summed E-state index contributed by atoms with van der Waals surface area (Å²) in [6, 6.07) is 6.46. The van der Waals surface area contributed by atoms with Crippen molar-refractivity contribution in [3.05, 3.63) is 53.1 Å². The lowest BCUT2D eigenvalue weighted by Gasteiger charge is -2.18. The molecule has 1 atom stereocenters. The van der Waals surface area contributed by atoms with Crippen molar-refractivity contribution in [2.75, 3.05) is 0 Å². The van der Waals surface area contributed by atoms with Gasteiger partial charge in [0.25, 0.3) is 0 Å². The third kappa shape index (κ3) is 3.04. The third-order valence-corrected chi connectivity index (χ3v) is 3.49. The number of aryl methyl sites for hydroxylation is 2. The summed E-state index contributed by atoms with van der Waals surface area (Å²) in [5, 5.41) is 0. The van der Waals surface area contributed by atoms with E-state index in [1.807, 2.05) is 12.4 Å². The van der Waals surface area contributed by atoms with Crippen molar-refractivity contribution in [2.24, 2.45) is 5.73 Å². The first-order chi connectivity index (χ1) is 8.99. The number of nitrogens with two attached hydrogens (primary N) is 1. The average molecular weight is 257 g/mol. The predicted molar refractivity (Wildman–Crippen MR) is 79.2 cm³/mol. The van der Waals surface area contributed by atoms with Gasteiger partial charge in [-0.1, -0.05) is 37.6 Å². The van der Waals surface area contributed by atoms with Crippen molar-refractivity contribution < 1.29 is 0 Å². The smallest absolute Gasteiger partial charge is 0.111 e. The number of nitrogens with zero attached hydrogens (tertiary/aromatic N) is 2. The Morgan fingerprint density at radius 2 is 2.00 bits per heavy atom. The van der Waals surface area contributed by atoms with Gasteiger partial charge < -0.3 is 10.3 Å². The molecule has 19 heavy (non-hydrogen) atoms. The van der Waals surface area contributed by atoms with Gasteiger partial charge in [-0.05, 0) is 25.0 Å². The zero-order valence-electron chi connectivity index (χ0n) is 12.2. The van der Waals surface area contributed by atoms with Crippen molar-refractivity contribution in [1.29, 1.82) is 0 Å². The molecule has 0 bridgehead atoms. The Morgan fingerprint density at radius 1 is 1.26 bits per heavy atom. The van der Waals surface area contributed by atoms with Crippen molar-refractivity contribution in [1.82, 2.24) is 9.55 Å². The maximum atomic E-state index is 6.38. The molecule has 2 N–H and O–H groups in total. The molecule has 1 aromatic carbocycles. The van der Waals surface area contributed by atoms with E-state index in [1.165, 1.54) is 16.7 Å². The molecule has 3 nitrogen and oxygen atoms in total. The molecular formula is C16H23N3. The van der Waals surface area contributed by atoms with E-state index in [0.29, 0.717) is 5.92 Å². The highest BCUT2D eigenvalue weighted by atomic mass is 15.1. The van der Waals surface area contributed by atoms with Gasteiger partial charge in [-0.15, -0.1) is 0 Å². The summed E-state index contributed by atoms with van der Waals surface area (Å²) in [6.45, 7) is 9.31. The summed E-state index contributed by atoms with van der Waals surface area (Å²) in [5.74, 6) is 1.52. The van der Waals surface area contributed by atoms with E-state index in [9.17, 15) is 0 Å². The molecule has 102 valence electrons. The predicted octanol–water partition coefficient (Wildman–Crippen LogP) is 3.32. The van der Waals surface area contributed by atoms with Gasteiger partial charge in [0.15, 0.2) is 0 Å². The van der Waals surface area contributed by atoms with E-state index < -0.39 is 0 Å². The molecule has 2 aromatic rings. The fourth-order valence-electron chi connectivity index (χ4n) is 2.45. The first-order valence-corrected chi connectivity index (χ1v) is 6.82. The van der Waals surface area contributed by atoms with Crippen LogP contribution in [-0.4, -0.2) is 9.55 Å². The first kappa shape index (κ1) is 13.8. The van der Waals surface area contributed by atoms with E-state index in [0.717, 1.165) is 12.4 Å². The summed E-state index contributed by atoms with van der Waals surface area (Å²) in [7, 11) is 0. The van der Waals surface area contributed by atoms with E-state index in [1.54, 1.807) is 0 Å². The molecule has 0 saturated heterocycles. The molecule has 2 rings (SSSR count). The lowest BCUT2D eigenvalue weighted by Crippen LogP contribution is -2.20. The maximum absolute atomic E-state index is 6.38. The van der Waals surface area contributed by atoms with Crippen LogP contribution in [0.2, 0.25) is 0 Å². The van der Waals surface area contributed by atoms with Gasteiger partial charge in [-0.3, -0.25) is 0 Å². The highest BCUT2D eigenvalue weighted by Gasteiger charge is 2.13. The Bertz CT molecular complexity index is 555. The third-order valence-electron chi connectivity index (χ3n) is 3.49. The maximum Gasteiger partial charge on any atom is 0.111 e. The molecule has 0 saturated carbocycles. The molecule has 1 aromatic heterocycles. The second kappa shape index (κ2) is 5.57. The summed E-state index contributed by atoms with van der Waals surface area (Å²) >= 11 is 0. The molecule has 0 fully saturated rings. The van der Waals surface area contributed by atoms with Gasteiger partial charge >= 0.3 is 0 Å². The van der Waals surface area contributed by atoms with Crippen LogP contribution in [0.1, 0.15) is 48.3 Å². The van der Waals surface area contributed by atoms with Gasteiger partial charge in [0.2, 0.25) is 0 Å². The normalized spacial score (nSPS) is 12.9. The van der Waals surface area contributed by atoms with Gasteiger partial charge in [-0.2, -0.15) is 0 Å². The van der Waals surface area contributed by atoms with Crippen LogP contribution in [0, 0.1) is 13.8 Å². The number of hydrogen-bond acceptors (Lipinski definition) is 2. The summed E-state index contributed by atoms with van der Waals surface area (Å²) in [6.07, 6.45) is 3.87. The minimum Gasteiger partial charge on any atom is -0.333 e. The van der Waals surface area contributed by atoms with Crippen molar-refractivity contribution >= 4 is 0 Å². The zero-order chi connectivity index (χ0) is 14.0. The quantitative estimate of drug-likeness (QED) is 0.913. The molecular weight excluding hydrogens is 234 g/mol.